The summed E-state index contributed by atoms with van der Waals surface area (Å²) < 4.78 is 8.03. The van der Waals surface area contributed by atoms with Crippen LogP contribution >= 0.6 is 0 Å². The number of aromatic nitrogens is 1. The molecule has 1 aromatic rings. The standard InChI is InChI=1S/C17H30N2O/c1-4-18-17-7-5-6-15-12-19(13-16(15)17)9-11-20-10-8-14(2)3/h12-14,17-18H,4-11H2,1-3H3. The SMILES string of the molecule is CCNC1CCCc2cn(CCOCCC(C)C)cc21. The van der Waals surface area contributed by atoms with E-state index in [9.17, 15) is 0 Å². The summed E-state index contributed by atoms with van der Waals surface area (Å²) in [6, 6.07) is 0.562. The zero-order chi connectivity index (χ0) is 14.4. The monoisotopic (exact) mass is 278 g/mol. The molecule has 1 aromatic heterocycles. The third kappa shape index (κ3) is 4.35. The first-order valence-electron chi connectivity index (χ1n) is 8.20. The lowest BCUT2D eigenvalue weighted by atomic mass is 9.91. The summed E-state index contributed by atoms with van der Waals surface area (Å²) >= 11 is 0. The fourth-order valence-electron chi connectivity index (χ4n) is 2.93. The molecule has 0 saturated carbocycles. The Morgan fingerprint density at radius 1 is 1.35 bits per heavy atom. The molecular weight excluding hydrogens is 248 g/mol. The van der Waals surface area contributed by atoms with Crippen LogP contribution in [0.4, 0.5) is 0 Å². The van der Waals surface area contributed by atoms with Gasteiger partial charge in [0.2, 0.25) is 0 Å². The molecule has 1 atom stereocenters. The molecule has 0 spiro atoms. The zero-order valence-electron chi connectivity index (χ0n) is 13.3. The molecular formula is C17H30N2O. The van der Waals surface area contributed by atoms with E-state index in [2.05, 4.69) is 43.0 Å². The van der Waals surface area contributed by atoms with E-state index in [-0.39, 0.29) is 0 Å². The van der Waals surface area contributed by atoms with Gasteiger partial charge in [0.1, 0.15) is 0 Å². The topological polar surface area (TPSA) is 26.2 Å². The average molecular weight is 278 g/mol. The molecule has 3 heteroatoms. The van der Waals surface area contributed by atoms with E-state index in [0.717, 1.165) is 38.6 Å². The lowest BCUT2D eigenvalue weighted by molar-refractivity contribution is 0.116. The van der Waals surface area contributed by atoms with Crippen LogP contribution in [-0.2, 0) is 17.7 Å². The molecule has 0 aromatic carbocycles. The Kier molecular flexibility index (Phi) is 6.11. The molecule has 3 nitrogen and oxygen atoms in total. The minimum absolute atomic E-state index is 0.562. The molecule has 0 saturated heterocycles. The van der Waals surface area contributed by atoms with Crippen molar-refractivity contribution in [2.24, 2.45) is 5.92 Å². The predicted molar refractivity (Wildman–Crippen MR) is 84.1 cm³/mol. The Labute approximate surface area is 123 Å². The van der Waals surface area contributed by atoms with Crippen molar-refractivity contribution in [1.29, 1.82) is 0 Å². The van der Waals surface area contributed by atoms with Crippen molar-refractivity contribution < 1.29 is 4.74 Å². The van der Waals surface area contributed by atoms with Gasteiger partial charge in [-0.3, -0.25) is 0 Å². The number of rotatable bonds is 8. The number of ether oxygens (including phenoxy) is 1. The lowest BCUT2D eigenvalue weighted by Gasteiger charge is -2.22. The molecule has 1 aliphatic rings. The lowest BCUT2D eigenvalue weighted by Crippen LogP contribution is -2.23. The molecule has 0 aliphatic heterocycles. The summed E-state index contributed by atoms with van der Waals surface area (Å²) in [6.07, 6.45) is 9.62. The number of hydrogen-bond acceptors (Lipinski definition) is 2. The average Bonchev–Trinajstić information content (AvgIpc) is 2.82. The molecule has 2 rings (SSSR count). The van der Waals surface area contributed by atoms with Crippen LogP contribution in [-0.4, -0.2) is 24.3 Å². The Bertz CT molecular complexity index is 398. The predicted octanol–water partition coefficient (Wildman–Crippen LogP) is 3.54. The van der Waals surface area contributed by atoms with E-state index in [1.54, 1.807) is 0 Å². The molecule has 0 bridgehead atoms. The molecule has 0 fully saturated rings. The van der Waals surface area contributed by atoms with Crippen LogP contribution in [0.25, 0.3) is 0 Å². The van der Waals surface area contributed by atoms with Crippen LogP contribution in [0.2, 0.25) is 0 Å². The number of aryl methyl sites for hydroxylation is 1. The number of hydrogen-bond donors (Lipinski definition) is 1. The maximum Gasteiger partial charge on any atom is 0.0645 e. The fourth-order valence-corrected chi connectivity index (χ4v) is 2.93. The minimum atomic E-state index is 0.562. The van der Waals surface area contributed by atoms with Crippen molar-refractivity contribution in [2.45, 2.75) is 59.0 Å². The highest BCUT2D eigenvalue weighted by molar-refractivity contribution is 5.30. The van der Waals surface area contributed by atoms with Gasteiger partial charge in [-0.05, 0) is 49.3 Å². The molecule has 1 aliphatic carbocycles. The highest BCUT2D eigenvalue weighted by atomic mass is 16.5. The second-order valence-electron chi connectivity index (χ2n) is 6.27. The van der Waals surface area contributed by atoms with Crippen molar-refractivity contribution in [1.82, 2.24) is 9.88 Å². The molecule has 1 unspecified atom stereocenters. The van der Waals surface area contributed by atoms with Gasteiger partial charge in [0.15, 0.2) is 0 Å². The van der Waals surface area contributed by atoms with Gasteiger partial charge in [-0.2, -0.15) is 0 Å². The third-order valence-corrected chi connectivity index (χ3v) is 4.10. The first-order chi connectivity index (χ1) is 9.70. The van der Waals surface area contributed by atoms with Crippen LogP contribution in [0.5, 0.6) is 0 Å². The van der Waals surface area contributed by atoms with Gasteiger partial charge in [-0.25, -0.2) is 0 Å². The summed E-state index contributed by atoms with van der Waals surface area (Å²) in [4.78, 5) is 0. The first-order valence-corrected chi connectivity index (χ1v) is 8.20. The van der Waals surface area contributed by atoms with E-state index in [4.69, 9.17) is 4.74 Å². The highest BCUT2D eigenvalue weighted by Gasteiger charge is 2.20. The van der Waals surface area contributed by atoms with Gasteiger partial charge < -0.3 is 14.6 Å². The van der Waals surface area contributed by atoms with Crippen molar-refractivity contribution >= 4 is 0 Å². The van der Waals surface area contributed by atoms with Gasteiger partial charge >= 0.3 is 0 Å². The second kappa shape index (κ2) is 7.84. The van der Waals surface area contributed by atoms with Crippen LogP contribution in [0.15, 0.2) is 12.4 Å². The van der Waals surface area contributed by atoms with Crippen LogP contribution in [0.1, 0.15) is 57.2 Å². The van der Waals surface area contributed by atoms with Gasteiger partial charge in [0, 0.05) is 31.6 Å². The van der Waals surface area contributed by atoms with Crippen LogP contribution < -0.4 is 5.32 Å². The summed E-state index contributed by atoms with van der Waals surface area (Å²) in [5.41, 5.74) is 3.05. The van der Waals surface area contributed by atoms with E-state index in [1.165, 1.54) is 30.4 Å². The Hall–Kier alpha value is -0.800. The first kappa shape index (κ1) is 15.6. The third-order valence-electron chi connectivity index (χ3n) is 4.10. The molecule has 1 heterocycles. The maximum atomic E-state index is 5.72. The van der Waals surface area contributed by atoms with Gasteiger partial charge in [0.25, 0.3) is 0 Å². The van der Waals surface area contributed by atoms with E-state index >= 15 is 0 Å². The summed E-state index contributed by atoms with van der Waals surface area (Å²) in [7, 11) is 0. The minimum Gasteiger partial charge on any atom is -0.380 e. The van der Waals surface area contributed by atoms with E-state index in [1.807, 2.05) is 0 Å². The maximum absolute atomic E-state index is 5.72. The van der Waals surface area contributed by atoms with Crippen molar-refractivity contribution in [3.8, 4) is 0 Å². The van der Waals surface area contributed by atoms with E-state index in [0.29, 0.717) is 6.04 Å². The van der Waals surface area contributed by atoms with Gasteiger partial charge in [-0.15, -0.1) is 0 Å². The van der Waals surface area contributed by atoms with Gasteiger partial charge in [0.05, 0.1) is 6.61 Å². The van der Waals surface area contributed by atoms with Crippen LogP contribution in [0, 0.1) is 5.92 Å². The molecule has 0 amide bonds. The largest absolute Gasteiger partial charge is 0.380 e. The van der Waals surface area contributed by atoms with Gasteiger partial charge in [-0.1, -0.05) is 20.8 Å². The number of fused-ring (bicyclic) bond motifs is 1. The summed E-state index contributed by atoms with van der Waals surface area (Å²) in [5.74, 6) is 0.731. The summed E-state index contributed by atoms with van der Waals surface area (Å²) in [6.45, 7) is 10.4. The molecule has 1 N–H and O–H groups in total. The molecule has 0 radical (unpaired) electrons. The van der Waals surface area contributed by atoms with E-state index < -0.39 is 0 Å². The smallest absolute Gasteiger partial charge is 0.0645 e. The number of nitrogens with one attached hydrogen (secondary N) is 1. The summed E-state index contributed by atoms with van der Waals surface area (Å²) in [5, 5.41) is 3.60. The molecule has 114 valence electrons. The zero-order valence-corrected chi connectivity index (χ0v) is 13.3. The van der Waals surface area contributed by atoms with Crippen molar-refractivity contribution in [3.63, 3.8) is 0 Å². The van der Waals surface area contributed by atoms with Crippen molar-refractivity contribution in [3.05, 3.63) is 23.5 Å². The van der Waals surface area contributed by atoms with Crippen molar-refractivity contribution in [2.75, 3.05) is 19.8 Å². The molecule has 20 heavy (non-hydrogen) atoms. The highest BCUT2D eigenvalue weighted by Crippen LogP contribution is 2.30. The normalized spacial score (nSPS) is 18.5. The quantitative estimate of drug-likeness (QED) is 0.736. The Morgan fingerprint density at radius 2 is 2.20 bits per heavy atom. The Morgan fingerprint density at radius 3 is 2.95 bits per heavy atom. The fraction of sp³-hybridized carbons (Fsp3) is 0.765. The second-order valence-corrected chi connectivity index (χ2v) is 6.27. The van der Waals surface area contributed by atoms with Crippen LogP contribution in [0.3, 0.4) is 0 Å². The Balaban J connectivity index is 1.82. The number of nitrogens with zero attached hydrogens (tertiary/aromatic N) is 1.